The maximum absolute atomic E-state index is 13.0. The van der Waals surface area contributed by atoms with E-state index < -0.39 is 23.8 Å². The minimum Gasteiger partial charge on any atom is -0.493 e. The molecule has 4 amide bonds. The monoisotopic (exact) mass is 446 g/mol. The van der Waals surface area contributed by atoms with Crippen LogP contribution in [0.5, 0.6) is 11.5 Å². The number of benzene rings is 2. The summed E-state index contributed by atoms with van der Waals surface area (Å²) >= 11 is 0. The van der Waals surface area contributed by atoms with E-state index in [-0.39, 0.29) is 22.8 Å². The number of carbonyl (C=O) groups is 4. The molecule has 166 valence electrons. The van der Waals surface area contributed by atoms with Crippen LogP contribution >= 0.6 is 0 Å². The van der Waals surface area contributed by atoms with Crippen molar-refractivity contribution in [1.82, 2.24) is 5.32 Å². The van der Waals surface area contributed by atoms with Crippen molar-refractivity contribution in [2.75, 3.05) is 12.0 Å². The number of amides is 4. The van der Waals surface area contributed by atoms with Gasteiger partial charge in [-0.3, -0.25) is 14.9 Å². The van der Waals surface area contributed by atoms with Gasteiger partial charge in [0.15, 0.2) is 11.5 Å². The van der Waals surface area contributed by atoms with Gasteiger partial charge < -0.3 is 13.9 Å². The molecule has 1 aliphatic heterocycles. The summed E-state index contributed by atoms with van der Waals surface area (Å²) in [4.78, 5) is 50.8. The number of urea groups is 1. The second-order valence-electron chi connectivity index (χ2n) is 7.07. The second-order valence-corrected chi connectivity index (χ2v) is 7.07. The molecule has 3 aromatic rings. The fourth-order valence-corrected chi connectivity index (χ4v) is 3.23. The number of hydrogen-bond acceptors (Lipinski definition) is 7. The molecule has 1 fully saturated rings. The van der Waals surface area contributed by atoms with Gasteiger partial charge in [0.25, 0.3) is 11.8 Å². The van der Waals surface area contributed by atoms with Gasteiger partial charge in [-0.2, -0.15) is 0 Å². The van der Waals surface area contributed by atoms with Crippen LogP contribution in [0.25, 0.3) is 6.08 Å². The second kappa shape index (κ2) is 8.83. The van der Waals surface area contributed by atoms with Crippen LogP contribution in [0.4, 0.5) is 10.5 Å². The Bertz CT molecular complexity index is 1290. The Labute approximate surface area is 188 Å². The lowest BCUT2D eigenvalue weighted by Crippen LogP contribution is -2.54. The summed E-state index contributed by atoms with van der Waals surface area (Å²) in [6.45, 7) is 1.82. The van der Waals surface area contributed by atoms with Gasteiger partial charge in [0.05, 0.1) is 19.1 Å². The van der Waals surface area contributed by atoms with E-state index >= 15 is 0 Å². The highest BCUT2D eigenvalue weighted by molar-refractivity contribution is 6.39. The van der Waals surface area contributed by atoms with Crippen molar-refractivity contribution in [3.8, 4) is 11.5 Å². The molecule has 0 atom stereocenters. The Morgan fingerprint density at radius 1 is 1.03 bits per heavy atom. The van der Waals surface area contributed by atoms with Gasteiger partial charge in [0.2, 0.25) is 5.76 Å². The SMILES string of the molecule is COc1cc(C=C2C(=O)NC(=O)N(c3cccc(C)c3)C2=O)ccc1OC(=O)c1ccco1. The number of nitrogens with zero attached hydrogens (tertiary/aromatic N) is 1. The Hall–Kier alpha value is -4.66. The van der Waals surface area contributed by atoms with Gasteiger partial charge in [-0.05, 0) is 60.5 Å². The first-order valence-corrected chi connectivity index (χ1v) is 9.79. The van der Waals surface area contributed by atoms with E-state index in [2.05, 4.69) is 5.32 Å². The Morgan fingerprint density at radius 2 is 1.85 bits per heavy atom. The topological polar surface area (TPSA) is 115 Å². The van der Waals surface area contributed by atoms with Crippen molar-refractivity contribution in [2.45, 2.75) is 6.92 Å². The van der Waals surface area contributed by atoms with Gasteiger partial charge in [-0.15, -0.1) is 0 Å². The van der Waals surface area contributed by atoms with Crippen molar-refractivity contribution in [3.63, 3.8) is 0 Å². The van der Waals surface area contributed by atoms with E-state index in [1.54, 1.807) is 24.3 Å². The predicted molar refractivity (Wildman–Crippen MR) is 117 cm³/mol. The zero-order chi connectivity index (χ0) is 23.5. The fraction of sp³-hybridized carbons (Fsp3) is 0.0833. The molecular formula is C24H18N2O7. The number of hydrogen-bond donors (Lipinski definition) is 1. The average Bonchev–Trinajstić information content (AvgIpc) is 3.32. The molecule has 9 heteroatoms. The van der Waals surface area contributed by atoms with E-state index in [0.717, 1.165) is 10.5 Å². The number of aryl methyl sites for hydroxylation is 1. The smallest absolute Gasteiger partial charge is 0.379 e. The summed E-state index contributed by atoms with van der Waals surface area (Å²) in [6.07, 6.45) is 2.67. The molecule has 1 N–H and O–H groups in total. The molecule has 0 radical (unpaired) electrons. The Morgan fingerprint density at radius 3 is 2.55 bits per heavy atom. The molecule has 0 spiro atoms. The first-order valence-electron chi connectivity index (χ1n) is 9.79. The highest BCUT2D eigenvalue weighted by atomic mass is 16.6. The number of nitrogens with one attached hydrogen (secondary N) is 1. The Kier molecular flexibility index (Phi) is 5.77. The number of furan rings is 1. The standard InChI is InChI=1S/C24H18N2O7/c1-14-5-3-6-16(11-14)26-22(28)17(21(27)25-24(26)30)12-15-8-9-18(20(13-15)31-2)33-23(29)19-7-4-10-32-19/h3-13H,1-2H3,(H,25,27,30). The largest absolute Gasteiger partial charge is 0.493 e. The highest BCUT2D eigenvalue weighted by Gasteiger charge is 2.36. The van der Waals surface area contributed by atoms with E-state index in [1.807, 2.05) is 13.0 Å². The van der Waals surface area contributed by atoms with E-state index in [4.69, 9.17) is 13.9 Å². The number of esters is 1. The normalized spacial score (nSPS) is 14.9. The molecule has 1 saturated heterocycles. The van der Waals surface area contributed by atoms with Gasteiger partial charge >= 0.3 is 12.0 Å². The molecule has 1 aliphatic rings. The first kappa shape index (κ1) is 21.6. The molecule has 33 heavy (non-hydrogen) atoms. The minimum absolute atomic E-state index is 0.0219. The zero-order valence-corrected chi connectivity index (χ0v) is 17.7. The summed E-state index contributed by atoms with van der Waals surface area (Å²) in [5.41, 5.74) is 1.37. The summed E-state index contributed by atoms with van der Waals surface area (Å²) in [5.74, 6) is -1.95. The van der Waals surface area contributed by atoms with Crippen LogP contribution < -0.4 is 19.7 Å². The summed E-state index contributed by atoms with van der Waals surface area (Å²) in [5, 5.41) is 2.18. The van der Waals surface area contributed by atoms with Crippen LogP contribution in [0.2, 0.25) is 0 Å². The van der Waals surface area contributed by atoms with Gasteiger partial charge in [0.1, 0.15) is 5.57 Å². The van der Waals surface area contributed by atoms with Gasteiger partial charge in [-0.1, -0.05) is 18.2 Å². The Balaban J connectivity index is 1.64. The zero-order valence-electron chi connectivity index (χ0n) is 17.7. The number of carbonyl (C=O) groups excluding carboxylic acids is 4. The summed E-state index contributed by atoms with van der Waals surface area (Å²) < 4.78 is 15.6. The molecule has 0 unspecified atom stereocenters. The number of imide groups is 2. The van der Waals surface area contributed by atoms with Crippen molar-refractivity contribution in [2.24, 2.45) is 0 Å². The van der Waals surface area contributed by atoms with E-state index in [1.165, 1.54) is 43.7 Å². The molecule has 0 aliphatic carbocycles. The number of barbiturate groups is 1. The molecule has 0 bridgehead atoms. The molecule has 2 heterocycles. The molecule has 4 rings (SSSR count). The van der Waals surface area contributed by atoms with E-state index in [0.29, 0.717) is 11.3 Å². The van der Waals surface area contributed by atoms with Crippen molar-refractivity contribution < 1.29 is 33.1 Å². The third kappa shape index (κ3) is 4.38. The summed E-state index contributed by atoms with van der Waals surface area (Å²) in [6, 6.07) is 13.5. The third-order valence-corrected chi connectivity index (χ3v) is 4.79. The lowest BCUT2D eigenvalue weighted by molar-refractivity contribution is -0.122. The molecule has 2 aromatic carbocycles. The van der Waals surface area contributed by atoms with Crippen molar-refractivity contribution in [3.05, 3.63) is 83.3 Å². The lowest BCUT2D eigenvalue weighted by atomic mass is 10.1. The van der Waals surface area contributed by atoms with Crippen LogP contribution in [0, 0.1) is 6.92 Å². The number of rotatable bonds is 5. The van der Waals surface area contributed by atoms with Crippen LogP contribution in [0.1, 0.15) is 21.7 Å². The molecule has 9 nitrogen and oxygen atoms in total. The average molecular weight is 446 g/mol. The van der Waals surface area contributed by atoms with E-state index in [9.17, 15) is 19.2 Å². The van der Waals surface area contributed by atoms with Crippen molar-refractivity contribution in [1.29, 1.82) is 0 Å². The van der Waals surface area contributed by atoms with Gasteiger partial charge in [-0.25, -0.2) is 14.5 Å². The minimum atomic E-state index is -0.828. The molecule has 0 saturated carbocycles. The lowest BCUT2D eigenvalue weighted by Gasteiger charge is -2.26. The maximum atomic E-state index is 13.0. The maximum Gasteiger partial charge on any atom is 0.379 e. The predicted octanol–water partition coefficient (Wildman–Crippen LogP) is 3.48. The van der Waals surface area contributed by atoms with Crippen LogP contribution in [-0.2, 0) is 9.59 Å². The highest BCUT2D eigenvalue weighted by Crippen LogP contribution is 2.30. The van der Waals surface area contributed by atoms with Crippen LogP contribution in [0.15, 0.2) is 70.9 Å². The van der Waals surface area contributed by atoms with Gasteiger partial charge in [0, 0.05) is 0 Å². The fourth-order valence-electron chi connectivity index (χ4n) is 3.23. The number of methoxy groups -OCH3 is 1. The molecular weight excluding hydrogens is 428 g/mol. The third-order valence-electron chi connectivity index (χ3n) is 4.79. The number of ether oxygens (including phenoxy) is 2. The molecule has 1 aromatic heterocycles. The van der Waals surface area contributed by atoms with Crippen LogP contribution in [0.3, 0.4) is 0 Å². The first-order chi connectivity index (χ1) is 15.9. The number of anilines is 1. The summed E-state index contributed by atoms with van der Waals surface area (Å²) in [7, 11) is 1.38. The van der Waals surface area contributed by atoms with Crippen molar-refractivity contribution >= 4 is 35.6 Å². The van der Waals surface area contributed by atoms with Crippen LogP contribution in [-0.4, -0.2) is 30.9 Å². The quantitative estimate of drug-likeness (QED) is 0.276.